The first-order valence-electron chi connectivity index (χ1n) is 6.69. The van der Waals surface area contributed by atoms with Crippen LogP contribution < -0.4 is 17.0 Å². The zero-order valence-corrected chi connectivity index (χ0v) is 13.2. The molecule has 4 aromatic rings. The van der Waals surface area contributed by atoms with Crippen molar-refractivity contribution < 1.29 is 17.0 Å². The molecule has 0 fully saturated rings. The number of rotatable bonds is 1. The van der Waals surface area contributed by atoms with E-state index in [1.807, 2.05) is 0 Å². The largest absolute Gasteiger partial charge is 1.00 e. The lowest BCUT2D eigenvalue weighted by molar-refractivity contribution is -0.617. The normalized spacial score (nSPS) is 10.7. The Bertz CT molecular complexity index is 856. The van der Waals surface area contributed by atoms with Crippen LogP contribution in [0.5, 0.6) is 0 Å². The molecule has 21 heavy (non-hydrogen) atoms. The minimum absolute atomic E-state index is 0. The Balaban J connectivity index is 0.00000132. The fourth-order valence-electron chi connectivity index (χ4n) is 2.92. The van der Waals surface area contributed by atoms with Crippen LogP contribution in [0.2, 0.25) is 0 Å². The van der Waals surface area contributed by atoms with Gasteiger partial charge in [-0.15, -0.1) is 11.3 Å². The second-order valence-corrected chi connectivity index (χ2v) is 5.89. The van der Waals surface area contributed by atoms with Gasteiger partial charge in [0.05, 0.1) is 10.8 Å². The summed E-state index contributed by atoms with van der Waals surface area (Å²) in [5.41, 5.74) is 3.90. The molecule has 1 nitrogen and oxygen atoms in total. The minimum atomic E-state index is 0. The number of hydrogen-bond acceptors (Lipinski definition) is 1. The maximum Gasteiger partial charge on any atom is 0.213 e. The Labute approximate surface area is 133 Å². The van der Waals surface area contributed by atoms with Crippen LogP contribution in [0.15, 0.2) is 66.0 Å². The van der Waals surface area contributed by atoms with Gasteiger partial charge in [-0.1, -0.05) is 30.3 Å². The molecule has 104 valence electrons. The third-order valence-corrected chi connectivity index (χ3v) is 4.72. The van der Waals surface area contributed by atoms with Gasteiger partial charge in [-0.3, -0.25) is 0 Å². The van der Waals surface area contributed by atoms with Gasteiger partial charge in [-0.2, -0.15) is 4.57 Å². The second-order valence-electron chi connectivity index (χ2n) is 4.95. The molecule has 2 heterocycles. The van der Waals surface area contributed by atoms with E-state index in [-0.39, 0.29) is 12.4 Å². The number of para-hydroxylation sites is 2. The Morgan fingerprint density at radius 2 is 1.33 bits per heavy atom. The summed E-state index contributed by atoms with van der Waals surface area (Å²) < 4.78 is 2.28. The van der Waals surface area contributed by atoms with Gasteiger partial charge in [0.25, 0.3) is 0 Å². The van der Waals surface area contributed by atoms with E-state index >= 15 is 0 Å². The molecule has 0 atom stereocenters. The highest BCUT2D eigenvalue weighted by Gasteiger charge is 2.18. The van der Waals surface area contributed by atoms with E-state index in [0.717, 1.165) is 0 Å². The summed E-state index contributed by atoms with van der Waals surface area (Å²) in [6.45, 7) is 0. The number of nitrogens with zero attached hydrogens (tertiary/aromatic N) is 1. The van der Waals surface area contributed by atoms with Gasteiger partial charge in [-0.25, -0.2) is 0 Å². The van der Waals surface area contributed by atoms with Crippen LogP contribution >= 0.6 is 11.3 Å². The minimum Gasteiger partial charge on any atom is -1.00 e. The quantitative estimate of drug-likeness (QED) is 0.371. The molecule has 2 aromatic heterocycles. The predicted molar refractivity (Wildman–Crippen MR) is 85.9 cm³/mol. The number of benzene rings is 2. The van der Waals surface area contributed by atoms with Crippen molar-refractivity contribution in [3.05, 3.63) is 66.0 Å². The Kier molecular flexibility index (Phi) is 3.66. The molecule has 0 N–H and O–H groups in total. The molecule has 0 amide bonds. The summed E-state index contributed by atoms with van der Waals surface area (Å²) in [5.74, 6) is 0. The highest BCUT2D eigenvalue weighted by molar-refractivity contribution is 7.13. The number of fused-ring (bicyclic) bond motifs is 2. The lowest BCUT2D eigenvalue weighted by Gasteiger charge is -2.08. The van der Waals surface area contributed by atoms with Gasteiger partial charge in [0, 0.05) is 22.6 Å². The molecular formula is C18H14ClNS. The van der Waals surface area contributed by atoms with Crippen LogP contribution in [-0.4, -0.2) is 0 Å². The molecule has 0 spiro atoms. The monoisotopic (exact) mass is 311 g/mol. The number of hydrogen-bond donors (Lipinski definition) is 0. The van der Waals surface area contributed by atoms with Crippen molar-refractivity contribution in [1.29, 1.82) is 0 Å². The number of aryl methyl sites for hydroxylation is 1. The molecule has 4 rings (SSSR count). The molecule has 2 aromatic carbocycles. The topological polar surface area (TPSA) is 3.88 Å². The predicted octanol–water partition coefficient (Wildman–Crippen LogP) is 1.55. The van der Waals surface area contributed by atoms with E-state index < -0.39 is 0 Å². The molecule has 3 heteroatoms. The molecular weight excluding hydrogens is 298 g/mol. The summed E-state index contributed by atoms with van der Waals surface area (Å²) in [6.07, 6.45) is 0. The van der Waals surface area contributed by atoms with Crippen LogP contribution in [0.25, 0.3) is 32.2 Å². The van der Waals surface area contributed by atoms with Crippen molar-refractivity contribution >= 4 is 33.1 Å². The third kappa shape index (κ3) is 2.11. The van der Waals surface area contributed by atoms with E-state index in [1.54, 1.807) is 11.3 Å². The molecule has 0 radical (unpaired) electrons. The first-order chi connectivity index (χ1) is 9.86. The van der Waals surface area contributed by atoms with Crippen molar-refractivity contribution in [2.24, 2.45) is 7.05 Å². The molecule has 0 unspecified atom stereocenters. The van der Waals surface area contributed by atoms with E-state index in [0.29, 0.717) is 0 Å². The summed E-state index contributed by atoms with van der Waals surface area (Å²) in [6, 6.07) is 21.6. The molecule has 0 aliphatic heterocycles. The van der Waals surface area contributed by atoms with Crippen molar-refractivity contribution in [1.82, 2.24) is 0 Å². The standard InChI is InChI=1S/C18H14NS.ClH/c1-19-15-9-4-2-7-13(15)18(17-11-6-12-20-17)14-8-3-5-10-16(14)19;/h2-12H,1H3;1H/q+1;/p-1. The zero-order valence-electron chi connectivity index (χ0n) is 11.6. The van der Waals surface area contributed by atoms with Crippen molar-refractivity contribution in [3.8, 4) is 10.4 Å². The zero-order chi connectivity index (χ0) is 13.5. The van der Waals surface area contributed by atoms with Gasteiger partial charge >= 0.3 is 0 Å². The van der Waals surface area contributed by atoms with Crippen molar-refractivity contribution in [2.45, 2.75) is 0 Å². The fraction of sp³-hybridized carbons (Fsp3) is 0.0556. The van der Waals surface area contributed by atoms with Gasteiger partial charge < -0.3 is 12.4 Å². The SMILES string of the molecule is C[n+]1c2ccccc2c(-c2cccs2)c2ccccc21.[Cl-]. The van der Waals surface area contributed by atoms with Gasteiger partial charge in [0.15, 0.2) is 0 Å². The maximum absolute atomic E-state index is 2.28. The molecule has 0 aliphatic carbocycles. The maximum atomic E-state index is 2.28. The highest BCUT2D eigenvalue weighted by atomic mass is 35.5. The average Bonchev–Trinajstić information content (AvgIpc) is 3.02. The first kappa shape index (κ1) is 14.1. The number of halogens is 1. The fourth-order valence-corrected chi connectivity index (χ4v) is 3.71. The molecule has 0 saturated carbocycles. The van der Waals surface area contributed by atoms with Crippen LogP contribution in [0.4, 0.5) is 0 Å². The van der Waals surface area contributed by atoms with Crippen LogP contribution in [0, 0.1) is 0 Å². The number of aromatic nitrogens is 1. The van der Waals surface area contributed by atoms with Crippen molar-refractivity contribution in [3.63, 3.8) is 0 Å². The number of thiophene rings is 1. The summed E-state index contributed by atoms with van der Waals surface area (Å²) >= 11 is 1.80. The lowest BCUT2D eigenvalue weighted by atomic mass is 10.0. The third-order valence-electron chi connectivity index (χ3n) is 3.84. The van der Waals surface area contributed by atoms with Gasteiger partial charge in [0.1, 0.15) is 7.05 Å². The van der Waals surface area contributed by atoms with Crippen LogP contribution in [0.1, 0.15) is 0 Å². The smallest absolute Gasteiger partial charge is 0.213 e. The summed E-state index contributed by atoms with van der Waals surface area (Å²) in [4.78, 5) is 1.33. The Hall–Kier alpha value is -1.90. The van der Waals surface area contributed by atoms with E-state index in [2.05, 4.69) is 77.7 Å². The molecule has 0 saturated heterocycles. The van der Waals surface area contributed by atoms with Gasteiger partial charge in [-0.05, 0) is 23.6 Å². The number of pyridine rings is 1. The van der Waals surface area contributed by atoms with Crippen LogP contribution in [-0.2, 0) is 7.05 Å². The Morgan fingerprint density at radius 3 is 1.86 bits per heavy atom. The Morgan fingerprint density at radius 1 is 0.762 bits per heavy atom. The van der Waals surface area contributed by atoms with Crippen molar-refractivity contribution in [2.75, 3.05) is 0 Å². The molecule has 0 aliphatic rings. The molecule has 0 bridgehead atoms. The van der Waals surface area contributed by atoms with E-state index in [9.17, 15) is 0 Å². The average molecular weight is 312 g/mol. The van der Waals surface area contributed by atoms with Crippen LogP contribution in [0.3, 0.4) is 0 Å². The second kappa shape index (κ2) is 5.47. The summed E-state index contributed by atoms with van der Waals surface area (Å²) in [5, 5.41) is 4.78. The first-order valence-corrected chi connectivity index (χ1v) is 7.57. The summed E-state index contributed by atoms with van der Waals surface area (Å²) in [7, 11) is 2.14. The van der Waals surface area contributed by atoms with E-state index in [1.165, 1.54) is 32.2 Å². The lowest BCUT2D eigenvalue weighted by Crippen LogP contribution is -3.00. The van der Waals surface area contributed by atoms with E-state index in [4.69, 9.17) is 0 Å². The highest BCUT2D eigenvalue weighted by Crippen LogP contribution is 2.36. The van der Waals surface area contributed by atoms with Gasteiger partial charge in [0.2, 0.25) is 11.0 Å².